The van der Waals surface area contributed by atoms with Crippen LogP contribution in [-0.4, -0.2) is 0 Å². The Kier molecular flexibility index (Phi) is 3.67. The molecule has 1 aromatic carbocycles. The minimum Gasteiger partial charge on any atom is -0.297 e. The first-order valence-electron chi connectivity index (χ1n) is 3.44. The third-order valence-corrected chi connectivity index (χ3v) is 1.61. The minimum absolute atomic E-state index is 0. The van der Waals surface area contributed by atoms with E-state index in [1.807, 2.05) is 31.2 Å². The molecule has 3 nitrogen and oxygen atoms in total. The second-order valence-electron chi connectivity index (χ2n) is 2.75. The quantitative estimate of drug-likeness (QED) is 0.557. The van der Waals surface area contributed by atoms with Crippen molar-refractivity contribution in [1.29, 1.82) is 0 Å². The number of aryl methyl sites for hydroxylation is 1. The van der Waals surface area contributed by atoms with Crippen LogP contribution in [0.3, 0.4) is 0 Å². The van der Waals surface area contributed by atoms with Gasteiger partial charge in [-0.05, 0) is 12.5 Å². The van der Waals surface area contributed by atoms with Crippen molar-refractivity contribution < 1.29 is 0 Å². The number of hydrogen-bond acceptors (Lipinski definition) is 3. The Hall–Kier alpha value is -0.610. The summed E-state index contributed by atoms with van der Waals surface area (Å²) >= 11 is 0. The van der Waals surface area contributed by atoms with E-state index in [1.165, 1.54) is 0 Å². The summed E-state index contributed by atoms with van der Waals surface area (Å²) in [7, 11) is 0. The Labute approximate surface area is 78.3 Å². The SMILES string of the molecule is Cc1ccccc1C(N)(N)N.Cl. The molecule has 6 N–H and O–H groups in total. The zero-order valence-corrected chi connectivity index (χ0v) is 7.77. The third kappa shape index (κ3) is 2.46. The highest BCUT2D eigenvalue weighted by atomic mass is 35.5. The van der Waals surface area contributed by atoms with E-state index in [2.05, 4.69) is 0 Å². The molecule has 0 unspecified atom stereocenters. The van der Waals surface area contributed by atoms with Gasteiger partial charge in [0.25, 0.3) is 0 Å². The Morgan fingerprint density at radius 3 is 1.92 bits per heavy atom. The van der Waals surface area contributed by atoms with E-state index in [0.29, 0.717) is 0 Å². The third-order valence-electron chi connectivity index (χ3n) is 1.61. The van der Waals surface area contributed by atoms with Gasteiger partial charge in [0, 0.05) is 5.56 Å². The molecule has 0 heterocycles. The summed E-state index contributed by atoms with van der Waals surface area (Å²) in [5.74, 6) is -1.22. The largest absolute Gasteiger partial charge is 0.297 e. The Morgan fingerprint density at radius 2 is 1.58 bits per heavy atom. The molecule has 0 spiro atoms. The normalized spacial score (nSPS) is 10.7. The van der Waals surface area contributed by atoms with Crippen LogP contribution in [0.1, 0.15) is 11.1 Å². The molecule has 0 radical (unpaired) electrons. The van der Waals surface area contributed by atoms with Crippen molar-refractivity contribution in [2.24, 2.45) is 17.2 Å². The molecule has 0 aromatic heterocycles. The highest BCUT2D eigenvalue weighted by Crippen LogP contribution is 2.11. The van der Waals surface area contributed by atoms with E-state index < -0.39 is 5.79 Å². The van der Waals surface area contributed by atoms with Gasteiger partial charge < -0.3 is 0 Å². The summed E-state index contributed by atoms with van der Waals surface area (Å²) in [5.41, 5.74) is 18.3. The van der Waals surface area contributed by atoms with E-state index >= 15 is 0 Å². The van der Waals surface area contributed by atoms with E-state index in [4.69, 9.17) is 17.2 Å². The maximum absolute atomic E-state index is 5.51. The number of halogens is 1. The highest BCUT2D eigenvalue weighted by molar-refractivity contribution is 5.85. The standard InChI is InChI=1S/C8H13N3.ClH/c1-6-4-2-3-5-7(6)8(9,10)11;/h2-5H,9-11H2,1H3;1H. The van der Waals surface area contributed by atoms with Crippen LogP contribution < -0.4 is 17.2 Å². The lowest BCUT2D eigenvalue weighted by molar-refractivity contribution is 0.485. The van der Waals surface area contributed by atoms with Crippen LogP contribution in [0.5, 0.6) is 0 Å². The van der Waals surface area contributed by atoms with Gasteiger partial charge in [0.1, 0.15) is 5.79 Å². The molecule has 0 aliphatic rings. The molecule has 1 aromatic rings. The van der Waals surface area contributed by atoms with Crippen LogP contribution >= 0.6 is 12.4 Å². The predicted molar refractivity (Wildman–Crippen MR) is 52.7 cm³/mol. The van der Waals surface area contributed by atoms with Crippen LogP contribution in [0.25, 0.3) is 0 Å². The number of rotatable bonds is 1. The van der Waals surface area contributed by atoms with Gasteiger partial charge in [0.05, 0.1) is 0 Å². The molecule has 4 heteroatoms. The van der Waals surface area contributed by atoms with Gasteiger partial charge in [-0.25, -0.2) is 0 Å². The fourth-order valence-corrected chi connectivity index (χ4v) is 1.06. The van der Waals surface area contributed by atoms with Gasteiger partial charge in [-0.3, -0.25) is 17.2 Å². The topological polar surface area (TPSA) is 78.1 Å². The zero-order valence-electron chi connectivity index (χ0n) is 6.95. The van der Waals surface area contributed by atoms with Gasteiger partial charge in [0.2, 0.25) is 0 Å². The second-order valence-corrected chi connectivity index (χ2v) is 2.75. The van der Waals surface area contributed by atoms with Crippen molar-refractivity contribution in [3.05, 3.63) is 35.4 Å². The van der Waals surface area contributed by atoms with E-state index in [-0.39, 0.29) is 12.4 Å². The lowest BCUT2D eigenvalue weighted by atomic mass is 10.0. The van der Waals surface area contributed by atoms with Crippen LogP contribution in [0.15, 0.2) is 24.3 Å². The summed E-state index contributed by atoms with van der Waals surface area (Å²) in [6.07, 6.45) is 0. The lowest BCUT2D eigenvalue weighted by Gasteiger charge is -2.20. The van der Waals surface area contributed by atoms with Crippen molar-refractivity contribution in [3.63, 3.8) is 0 Å². The molecule has 0 amide bonds. The smallest absolute Gasteiger partial charge is 0.143 e. The Bertz CT molecular complexity index is 255. The van der Waals surface area contributed by atoms with Crippen LogP contribution in [0, 0.1) is 6.92 Å². The first kappa shape index (κ1) is 11.4. The molecular weight excluding hydrogens is 174 g/mol. The monoisotopic (exact) mass is 187 g/mol. The maximum Gasteiger partial charge on any atom is 0.143 e. The van der Waals surface area contributed by atoms with Gasteiger partial charge >= 0.3 is 0 Å². The molecule has 0 aliphatic heterocycles. The summed E-state index contributed by atoms with van der Waals surface area (Å²) in [5, 5.41) is 0. The van der Waals surface area contributed by atoms with E-state index in [1.54, 1.807) is 0 Å². The van der Waals surface area contributed by atoms with E-state index in [0.717, 1.165) is 11.1 Å². The fraction of sp³-hybridized carbons (Fsp3) is 0.250. The van der Waals surface area contributed by atoms with Gasteiger partial charge in [-0.1, -0.05) is 24.3 Å². The predicted octanol–water partition coefficient (Wildman–Crippen LogP) is 0.403. The minimum atomic E-state index is -1.22. The van der Waals surface area contributed by atoms with Crippen LogP contribution in [0.4, 0.5) is 0 Å². The summed E-state index contributed by atoms with van der Waals surface area (Å²) in [6, 6.07) is 7.54. The average molecular weight is 188 g/mol. The van der Waals surface area contributed by atoms with Crippen molar-refractivity contribution in [1.82, 2.24) is 0 Å². The van der Waals surface area contributed by atoms with Crippen molar-refractivity contribution in [2.75, 3.05) is 0 Å². The first-order valence-corrected chi connectivity index (χ1v) is 3.44. The fourth-order valence-electron chi connectivity index (χ4n) is 1.06. The van der Waals surface area contributed by atoms with Crippen molar-refractivity contribution in [3.8, 4) is 0 Å². The molecule has 0 aliphatic carbocycles. The molecular formula is C8H14ClN3. The molecule has 0 bridgehead atoms. The molecule has 12 heavy (non-hydrogen) atoms. The Balaban J connectivity index is 0.00000121. The first-order chi connectivity index (χ1) is 5.02. The number of benzene rings is 1. The molecule has 0 saturated heterocycles. The molecule has 0 saturated carbocycles. The second kappa shape index (κ2) is 3.87. The average Bonchev–Trinajstić information content (AvgIpc) is 1.86. The van der Waals surface area contributed by atoms with Crippen molar-refractivity contribution >= 4 is 12.4 Å². The van der Waals surface area contributed by atoms with Crippen LogP contribution in [-0.2, 0) is 5.79 Å². The maximum atomic E-state index is 5.51. The Morgan fingerprint density at radius 1 is 1.08 bits per heavy atom. The number of nitrogens with two attached hydrogens (primary N) is 3. The van der Waals surface area contributed by atoms with Crippen LogP contribution in [0.2, 0.25) is 0 Å². The lowest BCUT2D eigenvalue weighted by Crippen LogP contribution is -2.54. The summed E-state index contributed by atoms with van der Waals surface area (Å²) in [4.78, 5) is 0. The zero-order chi connectivity index (χ0) is 8.48. The summed E-state index contributed by atoms with van der Waals surface area (Å²) in [6.45, 7) is 1.93. The van der Waals surface area contributed by atoms with E-state index in [9.17, 15) is 0 Å². The summed E-state index contributed by atoms with van der Waals surface area (Å²) < 4.78 is 0. The highest BCUT2D eigenvalue weighted by Gasteiger charge is 2.16. The molecule has 0 fully saturated rings. The molecule has 1 rings (SSSR count). The molecule has 0 atom stereocenters. The van der Waals surface area contributed by atoms with Gasteiger partial charge in [-0.2, -0.15) is 0 Å². The number of hydrogen-bond donors (Lipinski definition) is 3. The van der Waals surface area contributed by atoms with Gasteiger partial charge in [-0.15, -0.1) is 12.4 Å². The van der Waals surface area contributed by atoms with Gasteiger partial charge in [0.15, 0.2) is 0 Å². The molecule has 68 valence electrons. The van der Waals surface area contributed by atoms with Crippen molar-refractivity contribution in [2.45, 2.75) is 12.7 Å².